The molecule has 1 N–H and O–H groups in total. The van der Waals surface area contributed by atoms with Gasteiger partial charge in [-0.25, -0.2) is 8.78 Å². The van der Waals surface area contributed by atoms with Gasteiger partial charge in [-0.15, -0.1) is 0 Å². The molecule has 27 heavy (non-hydrogen) atoms. The number of anilines is 2. The van der Waals surface area contributed by atoms with Crippen molar-refractivity contribution in [3.63, 3.8) is 0 Å². The van der Waals surface area contributed by atoms with Gasteiger partial charge in [0.2, 0.25) is 11.8 Å². The Kier molecular flexibility index (Phi) is 6.70. The quantitative estimate of drug-likeness (QED) is 0.802. The Hall–Kier alpha value is -3.16. The van der Waals surface area contributed by atoms with Crippen LogP contribution in [0.5, 0.6) is 11.5 Å². The lowest BCUT2D eigenvalue weighted by molar-refractivity contribution is -0.117. The highest BCUT2D eigenvalue weighted by atomic mass is 19.1. The number of rotatable bonds is 7. The molecule has 0 aromatic heterocycles. The number of nitrogens with zero attached hydrogens (tertiary/aromatic N) is 1. The second-order valence-corrected chi connectivity index (χ2v) is 5.60. The van der Waals surface area contributed by atoms with E-state index in [0.29, 0.717) is 17.2 Å². The predicted octanol–water partition coefficient (Wildman–Crippen LogP) is 3.36. The third-order valence-electron chi connectivity index (χ3n) is 3.85. The van der Waals surface area contributed by atoms with Crippen LogP contribution in [-0.4, -0.2) is 32.6 Å². The number of carbonyl (C=O) groups is 2. The lowest BCUT2D eigenvalue weighted by Crippen LogP contribution is -2.32. The average molecular weight is 378 g/mol. The predicted molar refractivity (Wildman–Crippen MR) is 97.2 cm³/mol. The fourth-order valence-corrected chi connectivity index (χ4v) is 2.49. The van der Waals surface area contributed by atoms with Crippen molar-refractivity contribution in [2.75, 3.05) is 31.0 Å². The van der Waals surface area contributed by atoms with Crippen LogP contribution in [0.15, 0.2) is 36.4 Å². The van der Waals surface area contributed by atoms with Crippen LogP contribution < -0.4 is 19.7 Å². The molecule has 0 spiro atoms. The Labute approximate surface area is 155 Å². The number of nitrogens with one attached hydrogen (secondary N) is 1. The van der Waals surface area contributed by atoms with E-state index in [0.717, 1.165) is 12.1 Å². The van der Waals surface area contributed by atoms with Gasteiger partial charge in [-0.3, -0.25) is 9.59 Å². The third kappa shape index (κ3) is 4.93. The molecule has 0 aliphatic heterocycles. The van der Waals surface area contributed by atoms with Crippen LogP contribution in [-0.2, 0) is 9.59 Å². The van der Waals surface area contributed by atoms with Crippen LogP contribution in [0.1, 0.15) is 13.3 Å². The van der Waals surface area contributed by atoms with Crippen LogP contribution >= 0.6 is 0 Å². The Morgan fingerprint density at radius 1 is 1.07 bits per heavy atom. The lowest BCUT2D eigenvalue weighted by atomic mass is 10.2. The molecule has 2 aromatic carbocycles. The van der Waals surface area contributed by atoms with Gasteiger partial charge in [0, 0.05) is 26.0 Å². The molecular weight excluding hydrogens is 358 g/mol. The maximum Gasteiger partial charge on any atom is 0.226 e. The van der Waals surface area contributed by atoms with Gasteiger partial charge >= 0.3 is 0 Å². The molecular formula is C19H20F2N2O4. The minimum atomic E-state index is -0.872. The molecule has 0 saturated carbocycles. The summed E-state index contributed by atoms with van der Waals surface area (Å²) in [7, 11) is 2.95. The van der Waals surface area contributed by atoms with E-state index in [1.165, 1.54) is 32.1 Å². The largest absolute Gasteiger partial charge is 0.497 e. The molecule has 0 bridgehead atoms. The summed E-state index contributed by atoms with van der Waals surface area (Å²) < 4.78 is 37.7. The van der Waals surface area contributed by atoms with Crippen LogP contribution in [0, 0.1) is 11.6 Å². The van der Waals surface area contributed by atoms with Gasteiger partial charge in [-0.05, 0) is 24.3 Å². The monoisotopic (exact) mass is 378 g/mol. The second kappa shape index (κ2) is 8.98. The van der Waals surface area contributed by atoms with Gasteiger partial charge in [0.15, 0.2) is 0 Å². The first-order valence-electron chi connectivity index (χ1n) is 8.11. The van der Waals surface area contributed by atoms with Crippen molar-refractivity contribution in [3.05, 3.63) is 48.0 Å². The number of methoxy groups -OCH3 is 2. The minimum Gasteiger partial charge on any atom is -0.497 e. The van der Waals surface area contributed by atoms with Gasteiger partial charge < -0.3 is 19.7 Å². The molecule has 0 fully saturated rings. The summed E-state index contributed by atoms with van der Waals surface area (Å²) in [6.45, 7) is 1.35. The molecule has 6 nitrogen and oxygen atoms in total. The van der Waals surface area contributed by atoms with Gasteiger partial charge in [-0.2, -0.15) is 0 Å². The molecule has 8 heteroatoms. The summed E-state index contributed by atoms with van der Waals surface area (Å²) in [6.07, 6.45) is -0.164. The Bertz CT molecular complexity index is 822. The topological polar surface area (TPSA) is 67.9 Å². The van der Waals surface area contributed by atoms with Crippen molar-refractivity contribution >= 4 is 23.2 Å². The van der Waals surface area contributed by atoms with Crippen LogP contribution in [0.3, 0.4) is 0 Å². The molecule has 2 aromatic rings. The van der Waals surface area contributed by atoms with Crippen molar-refractivity contribution < 1.29 is 27.8 Å². The average Bonchev–Trinajstić information content (AvgIpc) is 2.64. The Morgan fingerprint density at radius 3 is 2.30 bits per heavy atom. The highest BCUT2D eigenvalue weighted by Gasteiger charge is 2.19. The maximum atomic E-state index is 13.6. The number of carbonyl (C=O) groups excluding carboxylic acids is 2. The molecule has 2 rings (SSSR count). The fraction of sp³-hybridized carbons (Fsp3) is 0.263. The molecule has 0 atom stereocenters. The Morgan fingerprint density at radius 2 is 1.74 bits per heavy atom. The number of halogens is 2. The van der Waals surface area contributed by atoms with Crippen molar-refractivity contribution in [3.8, 4) is 11.5 Å². The van der Waals surface area contributed by atoms with Crippen molar-refractivity contribution in [1.29, 1.82) is 0 Å². The molecule has 0 aliphatic carbocycles. The first-order valence-corrected chi connectivity index (χ1v) is 8.11. The molecule has 0 saturated heterocycles. The highest BCUT2D eigenvalue weighted by molar-refractivity contribution is 5.96. The van der Waals surface area contributed by atoms with Crippen molar-refractivity contribution in [2.24, 2.45) is 0 Å². The maximum absolute atomic E-state index is 13.6. The number of para-hydroxylation sites is 1. The molecule has 0 aliphatic rings. The number of hydrogen-bond donors (Lipinski definition) is 1. The second-order valence-electron chi connectivity index (χ2n) is 5.60. The van der Waals surface area contributed by atoms with Crippen LogP contribution in [0.2, 0.25) is 0 Å². The number of benzene rings is 2. The van der Waals surface area contributed by atoms with Crippen LogP contribution in [0.25, 0.3) is 0 Å². The van der Waals surface area contributed by atoms with E-state index in [1.807, 2.05) is 0 Å². The highest BCUT2D eigenvalue weighted by Crippen LogP contribution is 2.32. The molecule has 0 radical (unpaired) electrons. The summed E-state index contributed by atoms with van der Waals surface area (Å²) in [5, 5.41) is 2.19. The Balaban J connectivity index is 2.13. The standard InChI is InChI=1S/C19H20F2N2O4/c1-12(24)23(16-8-7-13(26-2)11-17(16)27-3)10-9-18(25)22-19-14(20)5-4-6-15(19)21/h4-8,11H,9-10H2,1-3H3,(H,22,25). The number of amides is 2. The van der Waals surface area contributed by atoms with Gasteiger partial charge in [0.1, 0.15) is 28.8 Å². The van der Waals surface area contributed by atoms with Crippen molar-refractivity contribution in [1.82, 2.24) is 0 Å². The van der Waals surface area contributed by atoms with Gasteiger partial charge in [0.05, 0.1) is 19.9 Å². The van der Waals surface area contributed by atoms with E-state index in [2.05, 4.69) is 5.32 Å². The summed E-state index contributed by atoms with van der Waals surface area (Å²) in [5.41, 5.74) is -0.0606. The molecule has 144 valence electrons. The van der Waals surface area contributed by atoms with E-state index < -0.39 is 23.2 Å². The smallest absolute Gasteiger partial charge is 0.226 e. The van der Waals surface area contributed by atoms with Gasteiger partial charge in [0.25, 0.3) is 0 Å². The first-order chi connectivity index (χ1) is 12.9. The van der Waals surface area contributed by atoms with Crippen LogP contribution in [0.4, 0.5) is 20.2 Å². The third-order valence-corrected chi connectivity index (χ3v) is 3.85. The summed E-state index contributed by atoms with van der Waals surface area (Å²) in [5.74, 6) is -1.75. The van der Waals surface area contributed by atoms with E-state index in [9.17, 15) is 18.4 Å². The fourth-order valence-electron chi connectivity index (χ4n) is 2.49. The molecule has 0 unspecified atom stereocenters. The van der Waals surface area contributed by atoms with E-state index >= 15 is 0 Å². The summed E-state index contributed by atoms with van der Waals surface area (Å²) in [6, 6.07) is 8.19. The minimum absolute atomic E-state index is 0.0000723. The summed E-state index contributed by atoms with van der Waals surface area (Å²) in [4.78, 5) is 25.5. The number of hydrogen-bond acceptors (Lipinski definition) is 4. The zero-order valence-electron chi connectivity index (χ0n) is 15.2. The zero-order chi connectivity index (χ0) is 20.0. The van der Waals surface area contributed by atoms with Crippen molar-refractivity contribution in [2.45, 2.75) is 13.3 Å². The molecule has 2 amide bonds. The zero-order valence-corrected chi connectivity index (χ0v) is 15.2. The van der Waals surface area contributed by atoms with Gasteiger partial charge in [-0.1, -0.05) is 6.07 Å². The SMILES string of the molecule is COc1ccc(N(CCC(=O)Nc2c(F)cccc2F)C(C)=O)c(OC)c1. The van der Waals surface area contributed by atoms with E-state index in [-0.39, 0.29) is 18.9 Å². The molecule has 0 heterocycles. The summed E-state index contributed by atoms with van der Waals surface area (Å²) >= 11 is 0. The first kappa shape index (κ1) is 20.2. The normalized spacial score (nSPS) is 10.3. The van der Waals surface area contributed by atoms with E-state index in [4.69, 9.17) is 9.47 Å². The lowest BCUT2D eigenvalue weighted by Gasteiger charge is -2.23. The number of ether oxygens (including phenoxy) is 2. The van der Waals surface area contributed by atoms with E-state index in [1.54, 1.807) is 18.2 Å².